The minimum atomic E-state index is -0.257. The van der Waals surface area contributed by atoms with E-state index >= 15 is 0 Å². The van der Waals surface area contributed by atoms with Crippen molar-refractivity contribution in [3.05, 3.63) is 40.4 Å². The van der Waals surface area contributed by atoms with Crippen LogP contribution in [0.5, 0.6) is 0 Å². The van der Waals surface area contributed by atoms with Crippen LogP contribution in [0, 0.1) is 0 Å². The monoisotopic (exact) mass is 329 g/mol. The van der Waals surface area contributed by atoms with Gasteiger partial charge in [-0.25, -0.2) is 9.97 Å². The normalized spacial score (nSPS) is 20.3. The summed E-state index contributed by atoms with van der Waals surface area (Å²) in [7, 11) is 1.98. The zero-order valence-corrected chi connectivity index (χ0v) is 14.0. The summed E-state index contributed by atoms with van der Waals surface area (Å²) in [6.45, 7) is 3.40. The van der Waals surface area contributed by atoms with Crippen LogP contribution in [0.4, 0.5) is 5.82 Å². The van der Waals surface area contributed by atoms with Crippen LogP contribution in [0.15, 0.2) is 29.2 Å². The van der Waals surface area contributed by atoms with Gasteiger partial charge in [0.05, 0.1) is 6.10 Å². The van der Waals surface area contributed by atoms with Gasteiger partial charge < -0.3 is 20.3 Å². The van der Waals surface area contributed by atoms with Crippen molar-refractivity contribution in [2.24, 2.45) is 0 Å². The van der Waals surface area contributed by atoms with Gasteiger partial charge in [0, 0.05) is 49.7 Å². The Bertz CT molecular complexity index is 743. The lowest BCUT2D eigenvalue weighted by atomic mass is 10.2. The molecule has 0 aliphatic carbocycles. The Morgan fingerprint density at radius 1 is 1.42 bits per heavy atom. The lowest BCUT2D eigenvalue weighted by Crippen LogP contribution is -2.35. The molecule has 0 aromatic carbocycles. The summed E-state index contributed by atoms with van der Waals surface area (Å²) in [5.74, 6) is 1.39. The van der Waals surface area contributed by atoms with Crippen LogP contribution in [-0.4, -0.2) is 52.3 Å². The molecule has 2 atom stereocenters. The number of aliphatic hydroxyl groups excluding tert-OH is 1. The Kier molecular flexibility index (Phi) is 4.92. The number of aromatic nitrogens is 3. The number of nitrogens with zero attached hydrogens (tertiary/aromatic N) is 3. The van der Waals surface area contributed by atoms with E-state index in [9.17, 15) is 9.90 Å². The van der Waals surface area contributed by atoms with Gasteiger partial charge in [0.15, 0.2) is 0 Å². The van der Waals surface area contributed by atoms with E-state index in [1.165, 1.54) is 6.07 Å². The third kappa shape index (κ3) is 3.80. The highest BCUT2D eigenvalue weighted by Crippen LogP contribution is 2.18. The predicted molar refractivity (Wildman–Crippen MR) is 93.2 cm³/mol. The van der Waals surface area contributed by atoms with Crippen molar-refractivity contribution in [3.63, 3.8) is 0 Å². The summed E-state index contributed by atoms with van der Waals surface area (Å²) in [5.41, 5.74) is 1.40. The molecule has 0 radical (unpaired) electrons. The molecule has 0 amide bonds. The van der Waals surface area contributed by atoms with Gasteiger partial charge in [-0.3, -0.25) is 4.79 Å². The number of nitrogens with one attached hydrogen (secondary N) is 2. The second-order valence-corrected chi connectivity index (χ2v) is 6.22. The first kappa shape index (κ1) is 16.6. The first-order valence-corrected chi connectivity index (χ1v) is 8.24. The largest absolute Gasteiger partial charge is 0.392 e. The molecule has 0 spiro atoms. The number of rotatable bonds is 5. The molecule has 3 N–H and O–H groups in total. The van der Waals surface area contributed by atoms with Gasteiger partial charge in [0.1, 0.15) is 11.6 Å². The maximum absolute atomic E-state index is 11.7. The van der Waals surface area contributed by atoms with Gasteiger partial charge in [0.25, 0.3) is 5.56 Å². The van der Waals surface area contributed by atoms with E-state index in [4.69, 9.17) is 0 Å². The van der Waals surface area contributed by atoms with Gasteiger partial charge in [-0.05, 0) is 25.0 Å². The highest BCUT2D eigenvalue weighted by Gasteiger charge is 2.23. The third-order valence-corrected chi connectivity index (χ3v) is 4.26. The molecule has 24 heavy (non-hydrogen) atoms. The molecular formula is C17H23N5O2. The molecule has 2 aromatic rings. The first-order chi connectivity index (χ1) is 11.5. The molecule has 0 bridgehead atoms. The first-order valence-electron chi connectivity index (χ1n) is 8.24. The van der Waals surface area contributed by atoms with E-state index in [2.05, 4.69) is 25.2 Å². The zero-order valence-electron chi connectivity index (χ0n) is 14.0. The summed E-state index contributed by atoms with van der Waals surface area (Å²) in [6.07, 6.45) is 2.94. The van der Waals surface area contributed by atoms with E-state index < -0.39 is 0 Å². The number of aryl methyl sites for hydroxylation is 1. The molecule has 1 saturated heterocycles. The Balaban J connectivity index is 1.73. The number of H-pyrrole nitrogens is 1. The molecule has 7 heteroatoms. The topological polar surface area (TPSA) is 94.1 Å². The van der Waals surface area contributed by atoms with E-state index in [-0.39, 0.29) is 17.7 Å². The van der Waals surface area contributed by atoms with Crippen LogP contribution in [0.2, 0.25) is 0 Å². The summed E-state index contributed by atoms with van der Waals surface area (Å²) in [4.78, 5) is 25.4. The maximum Gasteiger partial charge on any atom is 0.251 e. The van der Waals surface area contributed by atoms with E-state index in [1.807, 2.05) is 26.1 Å². The lowest BCUT2D eigenvalue weighted by Gasteiger charge is -2.22. The second-order valence-electron chi connectivity index (χ2n) is 6.22. The number of β-amino-alcohol motifs (C(OH)–C–C–N with tert-alkyl or cyclic N) is 1. The van der Waals surface area contributed by atoms with Crippen molar-refractivity contribution in [1.82, 2.24) is 20.3 Å². The van der Waals surface area contributed by atoms with E-state index in [0.717, 1.165) is 30.0 Å². The number of hydrogen-bond acceptors (Lipinski definition) is 6. The quantitative estimate of drug-likeness (QED) is 0.742. The molecule has 128 valence electrons. The number of hydrogen-bond donors (Lipinski definition) is 3. The summed E-state index contributed by atoms with van der Waals surface area (Å²) in [6, 6.07) is 5.61. The van der Waals surface area contributed by atoms with Gasteiger partial charge in [-0.1, -0.05) is 6.92 Å². The summed E-state index contributed by atoms with van der Waals surface area (Å²) < 4.78 is 0. The van der Waals surface area contributed by atoms with Crippen molar-refractivity contribution in [2.45, 2.75) is 31.9 Å². The standard InChI is InChI=1S/C17H23N5O2/c1-3-12-7-16(24)21-17(20-12)11-4-5-15(19-8-11)22(2)10-13-6-14(23)9-18-13/h4-5,7-8,13-14,18,23H,3,6,9-10H2,1-2H3,(H,20,21,24)/t13-,14+/m0/s1. The van der Waals surface area contributed by atoms with Crippen molar-refractivity contribution in [3.8, 4) is 11.4 Å². The number of aliphatic hydroxyl groups is 1. The lowest BCUT2D eigenvalue weighted by molar-refractivity contribution is 0.193. The van der Waals surface area contributed by atoms with Crippen LogP contribution in [0.1, 0.15) is 19.0 Å². The molecule has 0 unspecified atom stereocenters. The van der Waals surface area contributed by atoms with Gasteiger partial charge in [0.2, 0.25) is 0 Å². The molecule has 3 heterocycles. The van der Waals surface area contributed by atoms with Crippen LogP contribution in [0.3, 0.4) is 0 Å². The van der Waals surface area contributed by atoms with Crippen LogP contribution < -0.4 is 15.8 Å². The Morgan fingerprint density at radius 2 is 2.25 bits per heavy atom. The van der Waals surface area contributed by atoms with Gasteiger partial charge >= 0.3 is 0 Å². The maximum atomic E-state index is 11.7. The zero-order chi connectivity index (χ0) is 17.1. The number of anilines is 1. The molecule has 1 aliphatic heterocycles. The molecular weight excluding hydrogens is 306 g/mol. The summed E-state index contributed by atoms with van der Waals surface area (Å²) >= 11 is 0. The van der Waals surface area contributed by atoms with Crippen LogP contribution in [-0.2, 0) is 6.42 Å². The minimum absolute atomic E-state index is 0.149. The number of aromatic amines is 1. The highest BCUT2D eigenvalue weighted by atomic mass is 16.3. The van der Waals surface area contributed by atoms with Crippen molar-refractivity contribution >= 4 is 5.82 Å². The van der Waals surface area contributed by atoms with E-state index in [0.29, 0.717) is 18.8 Å². The Morgan fingerprint density at radius 3 is 2.88 bits per heavy atom. The van der Waals surface area contributed by atoms with E-state index in [1.54, 1.807) is 6.20 Å². The molecule has 0 saturated carbocycles. The highest BCUT2D eigenvalue weighted by molar-refractivity contribution is 5.56. The number of pyridine rings is 1. The predicted octanol–water partition coefficient (Wildman–Crippen LogP) is 0.553. The van der Waals surface area contributed by atoms with Crippen molar-refractivity contribution in [1.29, 1.82) is 0 Å². The smallest absolute Gasteiger partial charge is 0.251 e. The number of likely N-dealkylation sites (N-methyl/N-ethyl adjacent to an activating group) is 1. The van der Waals surface area contributed by atoms with Crippen LogP contribution in [0.25, 0.3) is 11.4 Å². The molecule has 1 aliphatic rings. The van der Waals surface area contributed by atoms with Gasteiger partial charge in [-0.15, -0.1) is 0 Å². The molecule has 3 rings (SSSR count). The fraction of sp³-hybridized carbons (Fsp3) is 0.471. The minimum Gasteiger partial charge on any atom is -0.392 e. The van der Waals surface area contributed by atoms with Gasteiger partial charge in [-0.2, -0.15) is 0 Å². The molecule has 7 nitrogen and oxygen atoms in total. The van der Waals surface area contributed by atoms with Crippen molar-refractivity contribution < 1.29 is 5.11 Å². The fourth-order valence-electron chi connectivity index (χ4n) is 2.94. The average Bonchev–Trinajstić information content (AvgIpc) is 2.99. The SMILES string of the molecule is CCc1cc(=O)[nH]c(-c2ccc(N(C)C[C@@H]3C[C@@H](O)CN3)nc2)n1. The fourth-order valence-corrected chi connectivity index (χ4v) is 2.94. The Labute approximate surface area is 140 Å². The van der Waals surface area contributed by atoms with Crippen molar-refractivity contribution in [2.75, 3.05) is 25.0 Å². The third-order valence-electron chi connectivity index (χ3n) is 4.26. The average molecular weight is 329 g/mol. The van der Waals surface area contributed by atoms with Crippen LogP contribution >= 0.6 is 0 Å². The second kappa shape index (κ2) is 7.11. The molecule has 2 aromatic heterocycles. The Hall–Kier alpha value is -2.25. The molecule has 1 fully saturated rings. The summed E-state index contributed by atoms with van der Waals surface area (Å²) in [5, 5.41) is 12.9.